The second-order valence-corrected chi connectivity index (χ2v) is 16.3. The molecule has 1 spiro atoms. The maximum absolute atomic E-state index is 6.61. The summed E-state index contributed by atoms with van der Waals surface area (Å²) in [6, 6.07) is 64.8. The van der Waals surface area contributed by atoms with Gasteiger partial charge in [-0.15, -0.1) is 0 Å². The fourth-order valence-electron chi connectivity index (χ4n) is 10.2. The number of nitrogens with zero attached hydrogens (tertiary/aromatic N) is 3. The summed E-state index contributed by atoms with van der Waals surface area (Å²) in [5, 5.41) is 0. The van der Waals surface area contributed by atoms with Crippen LogP contribution in [-0.2, 0) is 10.8 Å². The second-order valence-electron chi connectivity index (χ2n) is 16.3. The van der Waals surface area contributed by atoms with E-state index < -0.39 is 5.41 Å². The molecule has 0 amide bonds. The van der Waals surface area contributed by atoms with E-state index in [1.807, 2.05) is 30.5 Å². The van der Waals surface area contributed by atoms with Gasteiger partial charge in [-0.05, 0) is 87.0 Å². The van der Waals surface area contributed by atoms with Gasteiger partial charge in [0, 0.05) is 45.0 Å². The molecule has 278 valence electrons. The van der Waals surface area contributed by atoms with Gasteiger partial charge in [-0.25, -0.2) is 9.97 Å². The molecule has 0 unspecified atom stereocenters. The lowest BCUT2D eigenvalue weighted by Crippen LogP contribution is -2.32. The van der Waals surface area contributed by atoms with Crippen molar-refractivity contribution in [3.63, 3.8) is 0 Å². The first-order valence-electron chi connectivity index (χ1n) is 20.3. The first kappa shape index (κ1) is 33.7. The molecule has 12 rings (SSSR count). The van der Waals surface area contributed by atoms with Crippen LogP contribution in [0.3, 0.4) is 0 Å². The molecule has 0 fully saturated rings. The molecule has 0 N–H and O–H groups in total. The Bertz CT molecular complexity index is 3140. The van der Waals surface area contributed by atoms with E-state index in [0.717, 1.165) is 62.0 Å². The lowest BCUT2D eigenvalue weighted by atomic mass is 9.66. The zero-order valence-electron chi connectivity index (χ0n) is 32.6. The average Bonchev–Trinajstić information content (AvgIpc) is 3.71. The van der Waals surface area contributed by atoms with Gasteiger partial charge in [0.25, 0.3) is 0 Å². The molecule has 2 aliphatic carbocycles. The minimum absolute atomic E-state index is 0.0752. The number of benzene rings is 7. The van der Waals surface area contributed by atoms with Crippen LogP contribution < -0.4 is 4.74 Å². The van der Waals surface area contributed by atoms with E-state index in [-0.39, 0.29) is 5.41 Å². The minimum Gasteiger partial charge on any atom is -0.457 e. The number of hydrogen-bond acceptors (Lipinski definition) is 4. The monoisotopic (exact) mass is 755 g/mol. The van der Waals surface area contributed by atoms with Gasteiger partial charge in [-0.2, -0.15) is 0 Å². The fraction of sp³-hybridized carbons (Fsp3) is 0.0727. The summed E-state index contributed by atoms with van der Waals surface area (Å²) in [5.41, 5.74) is 18.3. The molecule has 0 atom stereocenters. The topological polar surface area (TPSA) is 47.9 Å². The Balaban J connectivity index is 1.07. The Hall–Kier alpha value is -7.43. The first-order chi connectivity index (χ1) is 29.0. The molecule has 0 saturated carbocycles. The van der Waals surface area contributed by atoms with Gasteiger partial charge < -0.3 is 4.74 Å². The predicted molar refractivity (Wildman–Crippen MR) is 237 cm³/mol. The van der Waals surface area contributed by atoms with Crippen molar-refractivity contribution >= 4 is 0 Å². The Morgan fingerprint density at radius 2 is 0.966 bits per heavy atom. The van der Waals surface area contributed by atoms with E-state index in [4.69, 9.17) is 19.7 Å². The summed E-state index contributed by atoms with van der Waals surface area (Å²) < 4.78 is 6.61. The van der Waals surface area contributed by atoms with Crippen LogP contribution in [0.25, 0.3) is 67.4 Å². The number of aromatic nitrogens is 3. The molecule has 0 saturated heterocycles. The third kappa shape index (κ3) is 4.80. The van der Waals surface area contributed by atoms with Crippen molar-refractivity contribution in [3.05, 3.63) is 222 Å². The molecule has 4 nitrogen and oxygen atoms in total. The highest BCUT2D eigenvalue weighted by Gasteiger charge is 2.51. The normalized spacial score (nSPS) is 14.3. The van der Waals surface area contributed by atoms with Crippen molar-refractivity contribution in [1.82, 2.24) is 15.0 Å². The van der Waals surface area contributed by atoms with Crippen LogP contribution in [0.15, 0.2) is 188 Å². The minimum atomic E-state index is -0.581. The molecular formula is C55H37N3O. The third-order valence-electron chi connectivity index (χ3n) is 12.8. The predicted octanol–water partition coefficient (Wildman–Crippen LogP) is 13.3. The second kappa shape index (κ2) is 12.5. The highest BCUT2D eigenvalue weighted by Crippen LogP contribution is 2.62. The summed E-state index contributed by atoms with van der Waals surface area (Å²) in [5.74, 6) is 2.41. The van der Waals surface area contributed by atoms with Crippen molar-refractivity contribution in [2.45, 2.75) is 24.7 Å². The number of pyridine rings is 1. The lowest BCUT2D eigenvalue weighted by Gasteiger charge is -2.39. The molecule has 3 aliphatic rings. The molecule has 1 aliphatic heterocycles. The summed E-state index contributed by atoms with van der Waals surface area (Å²) in [4.78, 5) is 15.7. The van der Waals surface area contributed by atoms with Crippen molar-refractivity contribution in [3.8, 4) is 78.9 Å². The standard InChI is InChI=1S/C55H37N3O/c1-54(2)42-20-8-6-18-38(42)41-31-36(27-29-43(41)54)52-40(19-14-30-56-52)49-33-48(57-53(58-49)34-15-4-3-5-16-34)35-26-28-39-37-17-7-9-21-44(37)55(47(39)32-35)45-22-10-12-24-50(45)59-51-25-13-11-23-46(51)55/h3-33H,1-2H3. The van der Waals surface area contributed by atoms with Crippen LogP contribution in [0.5, 0.6) is 11.5 Å². The Morgan fingerprint density at radius 3 is 1.73 bits per heavy atom. The van der Waals surface area contributed by atoms with Gasteiger partial charge >= 0.3 is 0 Å². The number of para-hydroxylation sites is 2. The highest BCUT2D eigenvalue weighted by atomic mass is 16.5. The molecule has 59 heavy (non-hydrogen) atoms. The van der Waals surface area contributed by atoms with E-state index in [9.17, 15) is 0 Å². The van der Waals surface area contributed by atoms with Gasteiger partial charge in [-0.3, -0.25) is 4.98 Å². The SMILES string of the molecule is CC1(C)c2ccccc2-c2cc(-c3ncccc3-c3cc(-c4ccc5c(c4)C4(c6ccccc6Oc6ccccc64)c4ccccc4-5)nc(-c4ccccc4)n3)ccc21. The van der Waals surface area contributed by atoms with Crippen molar-refractivity contribution in [2.75, 3.05) is 0 Å². The summed E-state index contributed by atoms with van der Waals surface area (Å²) in [6.07, 6.45) is 1.88. The number of hydrogen-bond donors (Lipinski definition) is 0. The van der Waals surface area contributed by atoms with E-state index in [1.165, 1.54) is 44.5 Å². The number of rotatable bonds is 4. The van der Waals surface area contributed by atoms with Gasteiger partial charge in [0.05, 0.1) is 22.5 Å². The van der Waals surface area contributed by atoms with Crippen molar-refractivity contribution < 1.29 is 4.74 Å². The lowest BCUT2D eigenvalue weighted by molar-refractivity contribution is 0.436. The highest BCUT2D eigenvalue weighted by molar-refractivity contribution is 5.91. The number of fused-ring (bicyclic) bond motifs is 12. The van der Waals surface area contributed by atoms with Gasteiger partial charge in [0.15, 0.2) is 5.82 Å². The molecular weight excluding hydrogens is 719 g/mol. The van der Waals surface area contributed by atoms with E-state index in [0.29, 0.717) is 5.82 Å². The molecule has 0 bridgehead atoms. The third-order valence-corrected chi connectivity index (χ3v) is 12.8. The Labute approximate surface area is 343 Å². The van der Waals surface area contributed by atoms with E-state index in [2.05, 4.69) is 172 Å². The van der Waals surface area contributed by atoms with Crippen LogP contribution in [0.4, 0.5) is 0 Å². The van der Waals surface area contributed by atoms with Gasteiger partial charge in [-0.1, -0.05) is 153 Å². The van der Waals surface area contributed by atoms with Crippen molar-refractivity contribution in [2.24, 2.45) is 0 Å². The zero-order chi connectivity index (χ0) is 39.3. The first-order valence-corrected chi connectivity index (χ1v) is 20.3. The smallest absolute Gasteiger partial charge is 0.160 e. The van der Waals surface area contributed by atoms with Crippen LogP contribution in [0.1, 0.15) is 47.2 Å². The summed E-state index contributed by atoms with van der Waals surface area (Å²) in [6.45, 7) is 4.63. The molecule has 9 aromatic rings. The van der Waals surface area contributed by atoms with Gasteiger partial charge in [0.1, 0.15) is 11.5 Å². The summed E-state index contributed by atoms with van der Waals surface area (Å²) in [7, 11) is 0. The van der Waals surface area contributed by atoms with Crippen LogP contribution in [0, 0.1) is 0 Å². The maximum atomic E-state index is 6.61. The van der Waals surface area contributed by atoms with Gasteiger partial charge in [0.2, 0.25) is 0 Å². The molecule has 0 radical (unpaired) electrons. The van der Waals surface area contributed by atoms with Crippen LogP contribution in [-0.4, -0.2) is 15.0 Å². The Kier molecular flexibility index (Phi) is 7.16. The zero-order valence-corrected chi connectivity index (χ0v) is 32.6. The van der Waals surface area contributed by atoms with E-state index >= 15 is 0 Å². The quantitative estimate of drug-likeness (QED) is 0.179. The largest absolute Gasteiger partial charge is 0.457 e. The van der Waals surface area contributed by atoms with Crippen LogP contribution in [0.2, 0.25) is 0 Å². The Morgan fingerprint density at radius 1 is 0.390 bits per heavy atom. The van der Waals surface area contributed by atoms with Crippen molar-refractivity contribution in [1.29, 1.82) is 0 Å². The summed E-state index contributed by atoms with van der Waals surface area (Å²) >= 11 is 0. The fourth-order valence-corrected chi connectivity index (χ4v) is 10.2. The molecule has 3 heterocycles. The van der Waals surface area contributed by atoms with E-state index in [1.54, 1.807) is 0 Å². The maximum Gasteiger partial charge on any atom is 0.160 e. The molecule has 7 aromatic carbocycles. The molecule has 4 heteroatoms. The average molecular weight is 756 g/mol. The van der Waals surface area contributed by atoms with Crippen LogP contribution >= 0.6 is 0 Å². The molecule has 2 aromatic heterocycles. The number of ether oxygens (including phenoxy) is 1.